The zero-order chi connectivity index (χ0) is 22.7. The van der Waals surface area contributed by atoms with Crippen molar-refractivity contribution in [1.29, 1.82) is 0 Å². The van der Waals surface area contributed by atoms with E-state index in [0.717, 1.165) is 61.9 Å². The number of aromatic amines is 1. The van der Waals surface area contributed by atoms with Gasteiger partial charge >= 0.3 is 0 Å². The van der Waals surface area contributed by atoms with E-state index in [2.05, 4.69) is 40.0 Å². The zero-order valence-corrected chi connectivity index (χ0v) is 19.7. The SMILES string of the molecule is O=c1cc2nc(C34CC5CC(CC(C5)C3)C4)nc(NCCCNC3Cc4ccccc4C3)n2[nH]1. The van der Waals surface area contributed by atoms with Crippen molar-refractivity contribution in [3.63, 3.8) is 0 Å². The molecule has 3 aromatic rings. The molecule has 2 aromatic heterocycles. The average molecular weight is 459 g/mol. The van der Waals surface area contributed by atoms with Gasteiger partial charge in [-0.25, -0.2) is 9.50 Å². The Morgan fingerprint density at radius 1 is 0.971 bits per heavy atom. The molecule has 178 valence electrons. The van der Waals surface area contributed by atoms with E-state index in [-0.39, 0.29) is 11.0 Å². The number of hydrogen-bond donors (Lipinski definition) is 3. The van der Waals surface area contributed by atoms with Gasteiger partial charge < -0.3 is 10.6 Å². The smallest absolute Gasteiger partial charge is 0.266 e. The molecule has 0 unspecified atom stereocenters. The normalized spacial score (nSPS) is 29.7. The highest BCUT2D eigenvalue weighted by Crippen LogP contribution is 2.60. The van der Waals surface area contributed by atoms with Crippen molar-refractivity contribution in [2.24, 2.45) is 17.8 Å². The van der Waals surface area contributed by atoms with Gasteiger partial charge in [-0.1, -0.05) is 24.3 Å². The van der Waals surface area contributed by atoms with Gasteiger partial charge in [-0.2, -0.15) is 4.98 Å². The highest BCUT2D eigenvalue weighted by atomic mass is 16.1. The second-order valence-electron chi connectivity index (χ2n) is 11.5. The number of nitrogens with zero attached hydrogens (tertiary/aromatic N) is 3. The van der Waals surface area contributed by atoms with E-state index in [4.69, 9.17) is 9.97 Å². The fraction of sp³-hybridized carbons (Fsp3) is 0.593. The van der Waals surface area contributed by atoms with E-state index in [0.29, 0.717) is 11.7 Å². The van der Waals surface area contributed by atoms with Crippen LogP contribution in [0.3, 0.4) is 0 Å². The van der Waals surface area contributed by atoms with E-state index in [9.17, 15) is 4.79 Å². The summed E-state index contributed by atoms with van der Waals surface area (Å²) in [7, 11) is 0. The number of nitrogens with one attached hydrogen (secondary N) is 3. The molecule has 4 fully saturated rings. The van der Waals surface area contributed by atoms with Crippen LogP contribution in [0.5, 0.6) is 0 Å². The van der Waals surface area contributed by atoms with Gasteiger partial charge in [0.15, 0.2) is 5.65 Å². The third-order valence-electron chi connectivity index (χ3n) is 8.99. The minimum atomic E-state index is -0.123. The predicted octanol–water partition coefficient (Wildman–Crippen LogP) is 3.44. The summed E-state index contributed by atoms with van der Waals surface area (Å²) in [5.74, 6) is 4.21. The number of aromatic nitrogens is 4. The molecule has 7 heteroatoms. The van der Waals surface area contributed by atoms with Crippen LogP contribution in [-0.2, 0) is 18.3 Å². The van der Waals surface area contributed by atoms with E-state index in [1.807, 2.05) is 0 Å². The Morgan fingerprint density at radius 2 is 1.65 bits per heavy atom. The molecule has 0 radical (unpaired) electrons. The van der Waals surface area contributed by atoms with Crippen LogP contribution in [0, 0.1) is 17.8 Å². The summed E-state index contributed by atoms with van der Waals surface area (Å²) in [5, 5.41) is 10.1. The van der Waals surface area contributed by atoms with Gasteiger partial charge in [0.25, 0.3) is 5.56 Å². The van der Waals surface area contributed by atoms with E-state index in [1.54, 1.807) is 10.6 Å². The topological polar surface area (TPSA) is 87.1 Å². The van der Waals surface area contributed by atoms with E-state index < -0.39 is 0 Å². The second kappa shape index (κ2) is 7.94. The third-order valence-corrected chi connectivity index (χ3v) is 8.99. The van der Waals surface area contributed by atoms with Crippen molar-refractivity contribution in [3.05, 3.63) is 57.6 Å². The Balaban J connectivity index is 1.04. The fourth-order valence-corrected chi connectivity index (χ4v) is 7.95. The van der Waals surface area contributed by atoms with Crippen LogP contribution in [0.4, 0.5) is 5.95 Å². The molecular weight excluding hydrogens is 424 g/mol. The Morgan fingerprint density at radius 3 is 2.32 bits per heavy atom. The van der Waals surface area contributed by atoms with Crippen LogP contribution in [0.15, 0.2) is 35.1 Å². The van der Waals surface area contributed by atoms with Crippen molar-refractivity contribution in [3.8, 4) is 0 Å². The first-order valence-corrected chi connectivity index (χ1v) is 13.2. The molecular formula is C27H34N6O. The van der Waals surface area contributed by atoms with E-state index >= 15 is 0 Å². The summed E-state index contributed by atoms with van der Waals surface area (Å²) in [6, 6.07) is 10.9. The number of hydrogen-bond acceptors (Lipinski definition) is 5. The highest BCUT2D eigenvalue weighted by molar-refractivity contribution is 5.45. The van der Waals surface area contributed by atoms with Crippen molar-refractivity contribution in [2.75, 3.05) is 18.4 Å². The predicted molar refractivity (Wildman–Crippen MR) is 132 cm³/mol. The molecule has 4 saturated carbocycles. The van der Waals surface area contributed by atoms with Gasteiger partial charge in [0.1, 0.15) is 5.82 Å². The summed E-state index contributed by atoms with van der Waals surface area (Å²) in [6.45, 7) is 1.77. The van der Waals surface area contributed by atoms with Crippen LogP contribution in [-0.4, -0.2) is 38.7 Å². The Labute approximate surface area is 199 Å². The van der Waals surface area contributed by atoms with Gasteiger partial charge in [0.05, 0.1) is 0 Å². The lowest BCUT2D eigenvalue weighted by atomic mass is 9.49. The molecule has 5 aliphatic carbocycles. The number of anilines is 1. The highest BCUT2D eigenvalue weighted by Gasteiger charge is 2.53. The largest absolute Gasteiger partial charge is 0.354 e. The lowest BCUT2D eigenvalue weighted by molar-refractivity contribution is -0.00930. The van der Waals surface area contributed by atoms with Crippen LogP contribution in [0.1, 0.15) is 61.9 Å². The van der Waals surface area contributed by atoms with Crippen LogP contribution in [0.25, 0.3) is 5.65 Å². The second-order valence-corrected chi connectivity index (χ2v) is 11.5. The third kappa shape index (κ3) is 3.56. The molecule has 8 rings (SSSR count). The van der Waals surface area contributed by atoms with Crippen molar-refractivity contribution in [1.82, 2.24) is 24.9 Å². The van der Waals surface area contributed by atoms with Gasteiger partial charge in [0, 0.05) is 24.1 Å². The Bertz CT molecular complexity index is 1220. The summed E-state index contributed by atoms with van der Waals surface area (Å²) in [4.78, 5) is 22.1. The van der Waals surface area contributed by atoms with Crippen molar-refractivity contribution in [2.45, 2.75) is 69.2 Å². The molecule has 5 aliphatic rings. The first-order valence-electron chi connectivity index (χ1n) is 13.2. The molecule has 0 atom stereocenters. The Hall–Kier alpha value is -2.67. The Kier molecular flexibility index (Phi) is 4.83. The summed E-state index contributed by atoms with van der Waals surface area (Å²) in [5.41, 5.74) is 3.64. The van der Waals surface area contributed by atoms with E-state index in [1.165, 1.54) is 49.7 Å². The lowest BCUT2D eigenvalue weighted by Crippen LogP contribution is -2.49. The number of rotatable bonds is 7. The van der Waals surface area contributed by atoms with Crippen molar-refractivity contribution < 1.29 is 0 Å². The summed E-state index contributed by atoms with van der Waals surface area (Å²) in [6.07, 6.45) is 11.1. The van der Waals surface area contributed by atoms with Gasteiger partial charge in [-0.3, -0.25) is 9.89 Å². The number of fused-ring (bicyclic) bond motifs is 2. The van der Waals surface area contributed by atoms with Crippen LogP contribution in [0.2, 0.25) is 0 Å². The van der Waals surface area contributed by atoms with Crippen molar-refractivity contribution >= 4 is 11.6 Å². The molecule has 4 bridgehead atoms. The first kappa shape index (κ1) is 20.7. The maximum atomic E-state index is 12.1. The molecule has 7 nitrogen and oxygen atoms in total. The number of benzene rings is 1. The zero-order valence-electron chi connectivity index (χ0n) is 19.7. The van der Waals surface area contributed by atoms with Crippen LogP contribution >= 0.6 is 0 Å². The molecule has 34 heavy (non-hydrogen) atoms. The summed E-state index contributed by atoms with van der Waals surface area (Å²) < 4.78 is 1.73. The molecule has 0 amide bonds. The molecule has 3 N–H and O–H groups in total. The van der Waals surface area contributed by atoms with Gasteiger partial charge in [-0.05, 0) is 93.2 Å². The number of H-pyrrole nitrogens is 1. The monoisotopic (exact) mass is 458 g/mol. The minimum Gasteiger partial charge on any atom is -0.354 e. The maximum Gasteiger partial charge on any atom is 0.266 e. The molecule has 0 saturated heterocycles. The maximum absolute atomic E-state index is 12.1. The summed E-state index contributed by atoms with van der Waals surface area (Å²) >= 11 is 0. The quantitative estimate of drug-likeness (QED) is 0.472. The minimum absolute atomic E-state index is 0.110. The van der Waals surface area contributed by atoms with Crippen LogP contribution < -0.4 is 16.2 Å². The first-order chi connectivity index (χ1) is 16.6. The molecule has 1 aromatic carbocycles. The lowest BCUT2D eigenvalue weighted by Gasteiger charge is -2.55. The standard InChI is InChI=1S/C27H34N6O/c34-24-13-23-30-25(27-14-17-8-18(15-27)10-19(9-17)16-27)31-26(33(23)32-24)29-7-3-6-28-22-11-20-4-1-2-5-21(20)12-22/h1-2,4-5,13,17-19,22,28H,3,6-12,14-16H2,(H,32,34)(H,29,30,31). The van der Waals surface area contributed by atoms with Gasteiger partial charge in [0.2, 0.25) is 5.95 Å². The fourth-order valence-electron chi connectivity index (χ4n) is 7.95. The average Bonchev–Trinajstić information content (AvgIpc) is 3.40. The molecule has 2 heterocycles. The van der Waals surface area contributed by atoms with Gasteiger partial charge in [-0.15, -0.1) is 0 Å². The molecule has 0 spiro atoms. The molecule has 0 aliphatic heterocycles.